The summed E-state index contributed by atoms with van der Waals surface area (Å²) in [4.78, 5) is 31.6. The Labute approximate surface area is 182 Å². The molecule has 1 fully saturated rings. The molecule has 1 unspecified atom stereocenters. The maximum Gasteiger partial charge on any atom is 0.300 e. The lowest BCUT2D eigenvalue weighted by Crippen LogP contribution is -2.29. The van der Waals surface area contributed by atoms with Crippen molar-refractivity contribution in [2.45, 2.75) is 6.04 Å². The van der Waals surface area contributed by atoms with E-state index in [2.05, 4.69) is 4.98 Å². The van der Waals surface area contributed by atoms with Crippen LogP contribution in [-0.4, -0.2) is 28.9 Å². The SMILES string of the molecule is COc1ccc(F)cc1/C(O)=C1\C(=O)C(=O)N(c2ccc(Cl)cc2)C1c1ccccn1. The van der Waals surface area contributed by atoms with E-state index in [4.69, 9.17) is 16.3 Å². The topological polar surface area (TPSA) is 79.7 Å². The highest BCUT2D eigenvalue weighted by molar-refractivity contribution is 6.51. The quantitative estimate of drug-likeness (QED) is 0.368. The molecular weight excluding hydrogens is 423 g/mol. The van der Waals surface area contributed by atoms with Gasteiger partial charge in [0.1, 0.15) is 23.4 Å². The van der Waals surface area contributed by atoms with E-state index in [-0.39, 0.29) is 16.9 Å². The second-order valence-corrected chi connectivity index (χ2v) is 7.18. The molecule has 0 spiro atoms. The van der Waals surface area contributed by atoms with Crippen molar-refractivity contribution in [3.8, 4) is 5.75 Å². The van der Waals surface area contributed by atoms with Gasteiger partial charge < -0.3 is 9.84 Å². The molecule has 31 heavy (non-hydrogen) atoms. The van der Waals surface area contributed by atoms with Crippen LogP contribution in [0.1, 0.15) is 17.3 Å². The number of halogens is 2. The molecule has 1 saturated heterocycles. The zero-order valence-corrected chi connectivity index (χ0v) is 17.0. The fraction of sp³-hybridized carbons (Fsp3) is 0.0870. The minimum absolute atomic E-state index is 0.0439. The van der Waals surface area contributed by atoms with Gasteiger partial charge in [0, 0.05) is 16.9 Å². The smallest absolute Gasteiger partial charge is 0.300 e. The molecule has 1 aliphatic rings. The van der Waals surface area contributed by atoms with Crippen molar-refractivity contribution in [3.63, 3.8) is 0 Å². The second-order valence-electron chi connectivity index (χ2n) is 6.74. The molecule has 1 amide bonds. The van der Waals surface area contributed by atoms with Crippen LogP contribution < -0.4 is 9.64 Å². The summed E-state index contributed by atoms with van der Waals surface area (Å²) < 4.78 is 19.1. The van der Waals surface area contributed by atoms with Crippen molar-refractivity contribution in [2.24, 2.45) is 0 Å². The third-order valence-electron chi connectivity index (χ3n) is 4.93. The summed E-state index contributed by atoms with van der Waals surface area (Å²) in [6.45, 7) is 0. The first-order valence-electron chi connectivity index (χ1n) is 9.23. The summed E-state index contributed by atoms with van der Waals surface area (Å²) in [6.07, 6.45) is 1.51. The van der Waals surface area contributed by atoms with Gasteiger partial charge in [0.05, 0.1) is 23.9 Å². The van der Waals surface area contributed by atoms with Crippen LogP contribution in [0.3, 0.4) is 0 Å². The number of anilines is 1. The van der Waals surface area contributed by atoms with Crippen LogP contribution in [0.15, 0.2) is 72.4 Å². The first-order chi connectivity index (χ1) is 14.9. The largest absolute Gasteiger partial charge is 0.507 e. The van der Waals surface area contributed by atoms with E-state index >= 15 is 0 Å². The van der Waals surface area contributed by atoms with E-state index < -0.39 is 29.3 Å². The molecule has 1 N–H and O–H groups in total. The third kappa shape index (κ3) is 3.64. The number of ketones is 1. The molecule has 1 aliphatic heterocycles. The van der Waals surface area contributed by atoms with Gasteiger partial charge in [-0.25, -0.2) is 4.39 Å². The highest BCUT2D eigenvalue weighted by Crippen LogP contribution is 2.42. The first kappa shape index (κ1) is 20.6. The number of amides is 1. The summed E-state index contributed by atoms with van der Waals surface area (Å²) in [7, 11) is 1.35. The molecule has 2 heterocycles. The molecule has 156 valence electrons. The van der Waals surface area contributed by atoms with Gasteiger partial charge in [-0.15, -0.1) is 0 Å². The Bertz CT molecular complexity index is 1200. The fourth-order valence-electron chi connectivity index (χ4n) is 3.53. The number of carbonyl (C=O) groups excluding carboxylic acids is 2. The number of methoxy groups -OCH3 is 1. The van der Waals surface area contributed by atoms with Gasteiger partial charge in [0.25, 0.3) is 11.7 Å². The Morgan fingerprint density at radius 3 is 2.52 bits per heavy atom. The molecule has 3 aromatic rings. The number of aliphatic hydroxyl groups is 1. The summed E-state index contributed by atoms with van der Waals surface area (Å²) >= 11 is 5.96. The third-order valence-corrected chi connectivity index (χ3v) is 5.19. The van der Waals surface area contributed by atoms with E-state index in [1.165, 1.54) is 24.3 Å². The van der Waals surface area contributed by atoms with Gasteiger partial charge in [-0.3, -0.25) is 19.5 Å². The molecule has 1 atom stereocenters. The summed E-state index contributed by atoms with van der Waals surface area (Å²) in [5.41, 5.74) is 0.487. The Hall–Kier alpha value is -3.71. The van der Waals surface area contributed by atoms with Crippen LogP contribution in [0.2, 0.25) is 5.02 Å². The van der Waals surface area contributed by atoms with Crippen LogP contribution in [-0.2, 0) is 9.59 Å². The average Bonchev–Trinajstić information content (AvgIpc) is 3.05. The maximum absolute atomic E-state index is 13.9. The van der Waals surface area contributed by atoms with Gasteiger partial charge in [-0.1, -0.05) is 17.7 Å². The average molecular weight is 439 g/mol. The van der Waals surface area contributed by atoms with Gasteiger partial charge in [-0.05, 0) is 54.6 Å². The van der Waals surface area contributed by atoms with Gasteiger partial charge in [-0.2, -0.15) is 0 Å². The lowest BCUT2D eigenvalue weighted by atomic mass is 9.97. The maximum atomic E-state index is 13.9. The van der Waals surface area contributed by atoms with Crippen LogP contribution in [0.4, 0.5) is 10.1 Å². The van der Waals surface area contributed by atoms with Gasteiger partial charge in [0.15, 0.2) is 0 Å². The standard InChI is InChI=1S/C23H16ClFN2O4/c1-31-18-10-7-14(25)12-16(18)21(28)19-20(17-4-2-3-11-26-17)27(23(30)22(19)29)15-8-5-13(24)6-9-15/h2-12,20,28H,1H3/b21-19+. The van der Waals surface area contributed by atoms with Crippen LogP contribution in [0.5, 0.6) is 5.75 Å². The highest BCUT2D eigenvalue weighted by Gasteiger charge is 2.47. The number of aliphatic hydroxyl groups excluding tert-OH is 1. The molecule has 0 saturated carbocycles. The Balaban J connectivity index is 1.97. The van der Waals surface area contributed by atoms with Crippen LogP contribution >= 0.6 is 11.6 Å². The molecule has 0 aliphatic carbocycles. The van der Waals surface area contributed by atoms with Crippen molar-refractivity contribution in [2.75, 3.05) is 12.0 Å². The second kappa shape index (κ2) is 8.20. The van der Waals surface area contributed by atoms with Crippen LogP contribution in [0, 0.1) is 5.82 Å². The molecule has 2 aromatic carbocycles. The normalized spacial score (nSPS) is 17.8. The van der Waals surface area contributed by atoms with E-state index in [0.29, 0.717) is 16.4 Å². The number of ether oxygens (including phenoxy) is 1. The van der Waals surface area contributed by atoms with E-state index in [1.54, 1.807) is 42.5 Å². The predicted molar refractivity (Wildman–Crippen MR) is 113 cm³/mol. The summed E-state index contributed by atoms with van der Waals surface area (Å²) in [5.74, 6) is -2.81. The van der Waals surface area contributed by atoms with Crippen molar-refractivity contribution in [1.82, 2.24) is 4.98 Å². The Morgan fingerprint density at radius 2 is 1.87 bits per heavy atom. The Kier molecular flexibility index (Phi) is 5.44. The van der Waals surface area contributed by atoms with E-state index in [9.17, 15) is 19.1 Å². The van der Waals surface area contributed by atoms with Gasteiger partial charge in [0.2, 0.25) is 0 Å². The zero-order valence-electron chi connectivity index (χ0n) is 16.3. The number of hydrogen-bond acceptors (Lipinski definition) is 5. The lowest BCUT2D eigenvalue weighted by Gasteiger charge is -2.24. The van der Waals surface area contributed by atoms with Gasteiger partial charge >= 0.3 is 0 Å². The zero-order chi connectivity index (χ0) is 22.1. The van der Waals surface area contributed by atoms with Crippen LogP contribution in [0.25, 0.3) is 5.76 Å². The van der Waals surface area contributed by atoms with Crippen molar-refractivity contribution < 1.29 is 23.8 Å². The van der Waals surface area contributed by atoms with Crippen molar-refractivity contribution in [3.05, 3.63) is 94.5 Å². The number of pyridine rings is 1. The molecule has 0 bridgehead atoms. The number of Topliss-reactive ketones (excluding diaryl/α,β-unsaturated/α-hetero) is 1. The van der Waals surface area contributed by atoms with E-state index in [0.717, 1.165) is 12.1 Å². The molecule has 8 heteroatoms. The number of aromatic nitrogens is 1. The first-order valence-corrected chi connectivity index (χ1v) is 9.61. The minimum Gasteiger partial charge on any atom is -0.507 e. The molecule has 6 nitrogen and oxygen atoms in total. The van der Waals surface area contributed by atoms with Crippen molar-refractivity contribution in [1.29, 1.82) is 0 Å². The highest BCUT2D eigenvalue weighted by atomic mass is 35.5. The fourth-order valence-corrected chi connectivity index (χ4v) is 3.65. The molecular formula is C23H16ClFN2O4. The number of hydrogen-bond donors (Lipinski definition) is 1. The number of benzene rings is 2. The minimum atomic E-state index is -1.03. The number of rotatable bonds is 4. The molecule has 4 rings (SSSR count). The molecule has 1 aromatic heterocycles. The summed E-state index contributed by atoms with van der Waals surface area (Å²) in [6, 6.07) is 13.9. The number of carbonyl (C=O) groups is 2. The summed E-state index contributed by atoms with van der Waals surface area (Å²) in [5, 5.41) is 11.5. The predicted octanol–water partition coefficient (Wildman–Crippen LogP) is 4.51. The number of nitrogens with zero attached hydrogens (tertiary/aromatic N) is 2. The lowest BCUT2D eigenvalue weighted by molar-refractivity contribution is -0.132. The van der Waals surface area contributed by atoms with Crippen molar-refractivity contribution >= 4 is 34.7 Å². The monoisotopic (exact) mass is 438 g/mol. The van der Waals surface area contributed by atoms with E-state index in [1.807, 2.05) is 0 Å². The molecule has 0 radical (unpaired) electrons. The Morgan fingerprint density at radius 1 is 1.13 bits per heavy atom.